The Balaban J connectivity index is 2.33. The molecule has 0 aliphatic rings. The van der Waals surface area contributed by atoms with Gasteiger partial charge in [-0.1, -0.05) is 19.4 Å². The first-order chi connectivity index (χ1) is 9.52. The number of nitrogens with zero attached hydrogens (tertiary/aromatic N) is 1. The summed E-state index contributed by atoms with van der Waals surface area (Å²) in [5, 5.41) is 14.1. The highest BCUT2D eigenvalue weighted by Crippen LogP contribution is 2.06. The van der Waals surface area contributed by atoms with Crippen LogP contribution >= 0.6 is 0 Å². The van der Waals surface area contributed by atoms with Gasteiger partial charge in [0.25, 0.3) is 0 Å². The second kappa shape index (κ2) is 8.14. The Bertz CT molecular complexity index is 463. The molecule has 20 heavy (non-hydrogen) atoms. The van der Waals surface area contributed by atoms with Gasteiger partial charge in [-0.2, -0.15) is 0 Å². The summed E-state index contributed by atoms with van der Waals surface area (Å²) in [6.45, 7) is 4.55. The van der Waals surface area contributed by atoms with Crippen molar-refractivity contribution in [3.8, 4) is 0 Å². The van der Waals surface area contributed by atoms with Crippen molar-refractivity contribution in [1.29, 1.82) is 0 Å². The molecule has 1 aromatic rings. The lowest BCUT2D eigenvalue weighted by Crippen LogP contribution is -2.38. The van der Waals surface area contributed by atoms with Gasteiger partial charge in [-0.3, -0.25) is 9.78 Å². The predicted octanol–water partition coefficient (Wildman–Crippen LogP) is 1.69. The van der Waals surface area contributed by atoms with E-state index in [9.17, 15) is 9.59 Å². The maximum absolute atomic E-state index is 11.6. The first kappa shape index (κ1) is 15.9. The van der Waals surface area contributed by atoms with Gasteiger partial charge in [0.15, 0.2) is 0 Å². The molecule has 1 heterocycles. The first-order valence-electron chi connectivity index (χ1n) is 6.67. The van der Waals surface area contributed by atoms with Gasteiger partial charge in [0.05, 0.1) is 12.2 Å². The number of aromatic nitrogens is 1. The van der Waals surface area contributed by atoms with E-state index < -0.39 is 5.97 Å². The fourth-order valence-corrected chi connectivity index (χ4v) is 1.77. The number of pyridine rings is 1. The Kier molecular flexibility index (Phi) is 6.49. The van der Waals surface area contributed by atoms with Crippen molar-refractivity contribution < 1.29 is 14.7 Å². The third kappa shape index (κ3) is 5.69. The van der Waals surface area contributed by atoms with Gasteiger partial charge in [0.1, 0.15) is 0 Å². The highest BCUT2D eigenvalue weighted by atomic mass is 16.4. The van der Waals surface area contributed by atoms with Crippen molar-refractivity contribution in [2.45, 2.75) is 33.2 Å². The predicted molar refractivity (Wildman–Crippen MR) is 75.2 cm³/mol. The molecule has 110 valence electrons. The van der Waals surface area contributed by atoms with E-state index in [1.807, 2.05) is 26.0 Å². The highest BCUT2D eigenvalue weighted by molar-refractivity contribution is 5.74. The summed E-state index contributed by atoms with van der Waals surface area (Å²) in [4.78, 5) is 26.4. The van der Waals surface area contributed by atoms with Crippen molar-refractivity contribution >= 4 is 12.0 Å². The molecule has 0 saturated carbocycles. The Morgan fingerprint density at radius 3 is 2.75 bits per heavy atom. The topological polar surface area (TPSA) is 91.3 Å². The molecule has 0 aliphatic heterocycles. The maximum Gasteiger partial charge on any atom is 0.315 e. The zero-order valence-electron chi connectivity index (χ0n) is 11.8. The monoisotopic (exact) mass is 279 g/mol. The van der Waals surface area contributed by atoms with E-state index >= 15 is 0 Å². The quantitative estimate of drug-likeness (QED) is 0.708. The highest BCUT2D eigenvalue weighted by Gasteiger charge is 2.12. The number of nitrogens with one attached hydrogen (secondary N) is 2. The van der Waals surface area contributed by atoms with Crippen LogP contribution in [0.5, 0.6) is 0 Å². The molecule has 0 spiro atoms. The second-order valence-corrected chi connectivity index (χ2v) is 4.70. The van der Waals surface area contributed by atoms with Gasteiger partial charge in [0, 0.05) is 19.2 Å². The lowest BCUT2D eigenvalue weighted by atomic mass is 10.0. The molecule has 3 N–H and O–H groups in total. The summed E-state index contributed by atoms with van der Waals surface area (Å²) in [5.74, 6) is -0.891. The van der Waals surface area contributed by atoms with E-state index in [1.54, 1.807) is 6.20 Å². The number of carboxylic acid groups (broad SMARTS) is 1. The van der Waals surface area contributed by atoms with Gasteiger partial charge >= 0.3 is 12.0 Å². The molecule has 0 aliphatic carbocycles. The van der Waals surface area contributed by atoms with E-state index in [-0.39, 0.29) is 18.4 Å². The Morgan fingerprint density at radius 2 is 2.15 bits per heavy atom. The fourth-order valence-electron chi connectivity index (χ4n) is 1.77. The summed E-state index contributed by atoms with van der Waals surface area (Å²) in [7, 11) is 0. The number of urea groups is 1. The summed E-state index contributed by atoms with van der Waals surface area (Å²) in [5.41, 5.74) is 1.84. The maximum atomic E-state index is 11.6. The third-order valence-corrected chi connectivity index (χ3v) is 3.13. The molecular formula is C14H21N3O3. The standard InChI is InChI=1S/C14H21N3O3/c1-3-11(7-13(18)19)8-16-14(20)17-9-12-10(2)5-4-6-15-12/h4-6,11H,3,7-9H2,1-2H3,(H,18,19)(H2,16,17,20). The molecule has 1 rings (SSSR count). The summed E-state index contributed by atoms with van der Waals surface area (Å²) in [6.07, 6.45) is 2.46. The minimum atomic E-state index is -0.844. The van der Waals surface area contributed by atoms with Crippen LogP contribution in [0.1, 0.15) is 31.0 Å². The second-order valence-electron chi connectivity index (χ2n) is 4.70. The zero-order valence-corrected chi connectivity index (χ0v) is 11.8. The van der Waals surface area contributed by atoms with Crippen molar-refractivity contribution in [2.75, 3.05) is 6.54 Å². The number of carboxylic acids is 1. The minimum Gasteiger partial charge on any atom is -0.481 e. The minimum absolute atomic E-state index is 0.0464. The number of hydrogen-bond donors (Lipinski definition) is 3. The van der Waals surface area contributed by atoms with Gasteiger partial charge in [-0.05, 0) is 24.5 Å². The number of carbonyl (C=O) groups is 2. The van der Waals surface area contributed by atoms with Crippen molar-refractivity contribution in [1.82, 2.24) is 15.6 Å². The normalized spacial score (nSPS) is 11.7. The van der Waals surface area contributed by atoms with Gasteiger partial charge < -0.3 is 15.7 Å². The Morgan fingerprint density at radius 1 is 1.40 bits per heavy atom. The molecule has 0 bridgehead atoms. The molecule has 6 heteroatoms. The van der Waals surface area contributed by atoms with Gasteiger partial charge in [-0.15, -0.1) is 0 Å². The average molecular weight is 279 g/mol. The molecule has 0 aromatic carbocycles. The van der Waals surface area contributed by atoms with E-state index in [4.69, 9.17) is 5.11 Å². The molecule has 0 radical (unpaired) electrons. The van der Waals surface area contributed by atoms with Crippen molar-refractivity contribution in [3.05, 3.63) is 29.6 Å². The summed E-state index contributed by atoms with van der Waals surface area (Å²) in [6, 6.07) is 3.47. The molecule has 1 unspecified atom stereocenters. The van der Waals surface area contributed by atoms with Gasteiger partial charge in [-0.25, -0.2) is 4.79 Å². The van der Waals surface area contributed by atoms with Crippen LogP contribution in [0.25, 0.3) is 0 Å². The number of aliphatic carboxylic acids is 1. The van der Waals surface area contributed by atoms with Crippen molar-refractivity contribution in [2.24, 2.45) is 5.92 Å². The van der Waals surface area contributed by atoms with Crippen LogP contribution in [-0.4, -0.2) is 28.6 Å². The van der Waals surface area contributed by atoms with Gasteiger partial charge in [0.2, 0.25) is 0 Å². The SMILES string of the molecule is CCC(CNC(=O)NCc1ncccc1C)CC(=O)O. The molecular weight excluding hydrogens is 258 g/mol. The van der Waals surface area contributed by atoms with Crippen LogP contribution in [0.3, 0.4) is 0 Å². The molecule has 6 nitrogen and oxygen atoms in total. The number of aryl methyl sites for hydroxylation is 1. The number of hydrogen-bond acceptors (Lipinski definition) is 3. The van der Waals surface area contributed by atoms with E-state index in [0.717, 1.165) is 11.3 Å². The average Bonchev–Trinajstić information content (AvgIpc) is 2.42. The summed E-state index contributed by atoms with van der Waals surface area (Å²) < 4.78 is 0. The number of rotatable bonds is 7. The van der Waals surface area contributed by atoms with Crippen LogP contribution in [0, 0.1) is 12.8 Å². The molecule has 1 aromatic heterocycles. The third-order valence-electron chi connectivity index (χ3n) is 3.13. The molecule has 0 fully saturated rings. The molecule has 1 atom stereocenters. The van der Waals surface area contributed by atoms with Crippen LogP contribution < -0.4 is 10.6 Å². The van der Waals surface area contributed by atoms with Crippen LogP contribution in [0.4, 0.5) is 4.79 Å². The van der Waals surface area contributed by atoms with Crippen LogP contribution in [-0.2, 0) is 11.3 Å². The lowest BCUT2D eigenvalue weighted by Gasteiger charge is -2.14. The van der Waals surface area contributed by atoms with Crippen LogP contribution in [0.2, 0.25) is 0 Å². The van der Waals surface area contributed by atoms with E-state index in [0.29, 0.717) is 19.5 Å². The zero-order chi connectivity index (χ0) is 15.0. The van der Waals surface area contributed by atoms with Crippen LogP contribution in [0.15, 0.2) is 18.3 Å². The molecule has 0 saturated heterocycles. The number of carbonyl (C=O) groups excluding carboxylic acids is 1. The van der Waals surface area contributed by atoms with E-state index in [1.165, 1.54) is 0 Å². The number of amides is 2. The Hall–Kier alpha value is -2.11. The van der Waals surface area contributed by atoms with E-state index in [2.05, 4.69) is 15.6 Å². The lowest BCUT2D eigenvalue weighted by molar-refractivity contribution is -0.138. The Labute approximate surface area is 118 Å². The fraction of sp³-hybridized carbons (Fsp3) is 0.500. The molecule has 2 amide bonds. The van der Waals surface area contributed by atoms with Crippen molar-refractivity contribution in [3.63, 3.8) is 0 Å². The summed E-state index contributed by atoms with van der Waals surface area (Å²) >= 11 is 0. The first-order valence-corrected chi connectivity index (χ1v) is 6.67. The largest absolute Gasteiger partial charge is 0.481 e. The smallest absolute Gasteiger partial charge is 0.315 e.